The lowest BCUT2D eigenvalue weighted by Gasteiger charge is -2.19. The maximum Gasteiger partial charge on any atom is 0.310 e. The molecule has 0 N–H and O–H groups in total. The summed E-state index contributed by atoms with van der Waals surface area (Å²) in [4.78, 5) is 21.5. The van der Waals surface area contributed by atoms with Crippen LogP contribution in [0, 0.1) is 10.1 Å². The molecule has 1 aromatic carbocycles. The van der Waals surface area contributed by atoms with Crippen molar-refractivity contribution in [3.63, 3.8) is 0 Å². The Bertz CT molecular complexity index is 465. The van der Waals surface area contributed by atoms with E-state index in [4.69, 9.17) is 4.43 Å². The quantitative estimate of drug-likeness (QED) is 0.358. The van der Waals surface area contributed by atoms with Crippen molar-refractivity contribution in [3.8, 4) is 5.75 Å². The highest BCUT2D eigenvalue weighted by molar-refractivity contribution is 6.70. The first kappa shape index (κ1) is 13.4. The Hall–Kier alpha value is -1.69. The molecule has 0 aromatic heterocycles. The third kappa shape index (κ3) is 3.67. The van der Waals surface area contributed by atoms with E-state index in [1.54, 1.807) is 6.07 Å². The van der Waals surface area contributed by atoms with Crippen molar-refractivity contribution in [2.24, 2.45) is 0 Å². The van der Waals surface area contributed by atoms with E-state index >= 15 is 0 Å². The first-order valence-corrected chi connectivity index (χ1v) is 8.60. The van der Waals surface area contributed by atoms with Gasteiger partial charge in [-0.2, -0.15) is 0 Å². The molecule has 17 heavy (non-hydrogen) atoms. The second kappa shape index (κ2) is 4.66. The van der Waals surface area contributed by atoms with Crippen LogP contribution in [0.5, 0.6) is 5.75 Å². The zero-order valence-electron chi connectivity index (χ0n) is 10.3. The number of carbonyl (C=O) groups excluding carboxylic acids is 1. The molecule has 6 heteroatoms. The van der Waals surface area contributed by atoms with Gasteiger partial charge in [0.25, 0.3) is 0 Å². The molecule has 5 nitrogen and oxygen atoms in total. The van der Waals surface area contributed by atoms with Crippen LogP contribution in [0.2, 0.25) is 19.6 Å². The Balaban J connectivity index is 3.23. The zero-order chi connectivity index (χ0) is 13.2. The van der Waals surface area contributed by atoms with Crippen molar-refractivity contribution in [2.45, 2.75) is 26.6 Å². The highest BCUT2D eigenvalue weighted by Crippen LogP contribution is 2.30. The monoisotopic (exact) mass is 253 g/mol. The zero-order valence-corrected chi connectivity index (χ0v) is 11.3. The van der Waals surface area contributed by atoms with Crippen LogP contribution in [0.25, 0.3) is 0 Å². The van der Waals surface area contributed by atoms with Gasteiger partial charge in [0.2, 0.25) is 8.32 Å². The van der Waals surface area contributed by atoms with Crippen LogP contribution in [0.1, 0.15) is 17.3 Å². The van der Waals surface area contributed by atoms with Gasteiger partial charge >= 0.3 is 5.69 Å². The van der Waals surface area contributed by atoms with Gasteiger partial charge in [-0.3, -0.25) is 14.9 Å². The normalized spacial score (nSPS) is 11.1. The van der Waals surface area contributed by atoms with Crippen molar-refractivity contribution in [3.05, 3.63) is 33.9 Å². The van der Waals surface area contributed by atoms with Gasteiger partial charge in [0.1, 0.15) is 0 Å². The molecule has 0 unspecified atom stereocenters. The van der Waals surface area contributed by atoms with E-state index in [-0.39, 0.29) is 17.2 Å². The van der Waals surface area contributed by atoms with Crippen molar-refractivity contribution < 1.29 is 14.1 Å². The number of carbonyl (C=O) groups is 1. The van der Waals surface area contributed by atoms with Gasteiger partial charge in [0.05, 0.1) is 4.92 Å². The molecular weight excluding hydrogens is 238 g/mol. The van der Waals surface area contributed by atoms with E-state index in [1.165, 1.54) is 19.1 Å². The van der Waals surface area contributed by atoms with E-state index in [0.717, 1.165) is 0 Å². The lowest BCUT2D eigenvalue weighted by atomic mass is 10.1. The molecule has 0 radical (unpaired) electrons. The molecule has 0 heterocycles. The van der Waals surface area contributed by atoms with Gasteiger partial charge in [-0.1, -0.05) is 0 Å². The number of nitro groups is 1. The summed E-state index contributed by atoms with van der Waals surface area (Å²) in [5.74, 6) is 0.0341. The molecule has 0 saturated heterocycles. The molecule has 1 rings (SSSR count). The van der Waals surface area contributed by atoms with E-state index < -0.39 is 13.2 Å². The lowest BCUT2D eigenvalue weighted by Crippen LogP contribution is -2.29. The van der Waals surface area contributed by atoms with Crippen LogP contribution in [0.15, 0.2) is 18.2 Å². The number of nitrogens with zero attached hydrogens (tertiary/aromatic N) is 1. The lowest BCUT2D eigenvalue weighted by molar-refractivity contribution is -0.385. The van der Waals surface area contributed by atoms with E-state index in [1.807, 2.05) is 19.6 Å². The average Bonchev–Trinajstić information content (AvgIpc) is 2.14. The topological polar surface area (TPSA) is 69.4 Å². The van der Waals surface area contributed by atoms with Crippen LogP contribution in [0.3, 0.4) is 0 Å². The van der Waals surface area contributed by atoms with Crippen molar-refractivity contribution in [1.82, 2.24) is 0 Å². The maximum atomic E-state index is 11.2. The number of hydrogen-bond acceptors (Lipinski definition) is 4. The van der Waals surface area contributed by atoms with Gasteiger partial charge in [-0.15, -0.1) is 0 Å². The van der Waals surface area contributed by atoms with E-state index in [0.29, 0.717) is 5.56 Å². The molecule has 0 saturated carbocycles. The third-order valence-corrected chi connectivity index (χ3v) is 2.81. The van der Waals surface area contributed by atoms with Crippen LogP contribution in [0.4, 0.5) is 5.69 Å². The minimum Gasteiger partial charge on any atom is -0.540 e. The molecule has 0 aliphatic carbocycles. The van der Waals surface area contributed by atoms with Crippen LogP contribution in [-0.4, -0.2) is 19.0 Å². The van der Waals surface area contributed by atoms with E-state index in [9.17, 15) is 14.9 Å². The summed E-state index contributed by atoms with van der Waals surface area (Å²) in [7, 11) is -1.91. The third-order valence-electron chi connectivity index (χ3n) is 1.98. The van der Waals surface area contributed by atoms with Gasteiger partial charge in [-0.05, 0) is 38.7 Å². The Morgan fingerprint density at radius 3 is 2.35 bits per heavy atom. The molecule has 1 aromatic rings. The Morgan fingerprint density at radius 2 is 1.94 bits per heavy atom. The fourth-order valence-electron chi connectivity index (χ4n) is 1.30. The van der Waals surface area contributed by atoms with Crippen LogP contribution < -0.4 is 4.43 Å². The first-order valence-electron chi connectivity index (χ1n) is 5.19. The smallest absolute Gasteiger partial charge is 0.310 e. The number of ketones is 1. The highest BCUT2D eigenvalue weighted by Gasteiger charge is 2.23. The van der Waals surface area contributed by atoms with Gasteiger partial charge in [0.15, 0.2) is 11.5 Å². The fourth-order valence-corrected chi connectivity index (χ4v) is 2.13. The van der Waals surface area contributed by atoms with Gasteiger partial charge < -0.3 is 4.43 Å². The van der Waals surface area contributed by atoms with Crippen molar-refractivity contribution in [2.75, 3.05) is 0 Å². The molecule has 92 valence electrons. The predicted molar refractivity (Wildman–Crippen MR) is 67.1 cm³/mol. The number of Topliss-reactive ketones (excluding diaryl/α,β-unsaturated/α-hetero) is 1. The molecule has 0 atom stereocenters. The Morgan fingerprint density at radius 1 is 1.35 bits per heavy atom. The predicted octanol–water partition coefficient (Wildman–Crippen LogP) is 3.01. The summed E-state index contributed by atoms with van der Waals surface area (Å²) in [6.07, 6.45) is 0. The molecule has 0 aliphatic heterocycles. The summed E-state index contributed by atoms with van der Waals surface area (Å²) in [6.45, 7) is 7.19. The largest absolute Gasteiger partial charge is 0.540 e. The SMILES string of the molecule is CC(=O)c1ccc(O[Si](C)(C)C)c([N+](=O)[O-])c1. The summed E-state index contributed by atoms with van der Waals surface area (Å²) in [6, 6.07) is 4.30. The molecule has 0 amide bonds. The van der Waals surface area contributed by atoms with Crippen molar-refractivity contribution >= 4 is 19.8 Å². The standard InChI is InChI=1S/C11H15NO4Si/c1-8(13)9-5-6-11(16-17(2,3)4)10(7-9)12(14)15/h5-7H,1-4H3. The van der Waals surface area contributed by atoms with Crippen LogP contribution in [-0.2, 0) is 0 Å². The summed E-state index contributed by atoms with van der Waals surface area (Å²) >= 11 is 0. The number of benzene rings is 1. The summed E-state index contributed by atoms with van der Waals surface area (Å²) in [5.41, 5.74) is 0.166. The van der Waals surface area contributed by atoms with Gasteiger partial charge in [0, 0.05) is 11.6 Å². The molecule has 0 fully saturated rings. The summed E-state index contributed by atoms with van der Waals surface area (Å²) in [5, 5.41) is 10.9. The highest BCUT2D eigenvalue weighted by atomic mass is 28.4. The number of nitro benzene ring substituents is 1. The molecular formula is C11H15NO4Si. The van der Waals surface area contributed by atoms with Gasteiger partial charge in [-0.25, -0.2) is 0 Å². The second-order valence-electron chi connectivity index (χ2n) is 4.71. The molecule has 0 spiro atoms. The molecule has 0 aliphatic rings. The van der Waals surface area contributed by atoms with Crippen molar-refractivity contribution in [1.29, 1.82) is 0 Å². The Labute approximate surface area is 101 Å². The second-order valence-corrected chi connectivity index (χ2v) is 9.14. The summed E-state index contributed by atoms with van der Waals surface area (Å²) < 4.78 is 5.61. The first-order chi connectivity index (χ1) is 7.70. The Kier molecular flexibility index (Phi) is 3.67. The van der Waals surface area contributed by atoms with Crippen LogP contribution >= 0.6 is 0 Å². The number of rotatable bonds is 4. The fraction of sp³-hybridized carbons (Fsp3) is 0.364. The average molecular weight is 253 g/mol. The molecule has 0 bridgehead atoms. The minimum atomic E-state index is -1.91. The maximum absolute atomic E-state index is 11.2. The van der Waals surface area contributed by atoms with E-state index in [2.05, 4.69) is 0 Å². The number of hydrogen-bond donors (Lipinski definition) is 0. The minimum absolute atomic E-state index is 0.153.